The van der Waals surface area contributed by atoms with E-state index in [-0.39, 0.29) is 11.8 Å². The highest BCUT2D eigenvalue weighted by molar-refractivity contribution is 7.11. The number of nitrogens with one attached hydrogen (secondary N) is 3. The summed E-state index contributed by atoms with van der Waals surface area (Å²) < 4.78 is 0. The van der Waals surface area contributed by atoms with Gasteiger partial charge in [-0.05, 0) is 68.6 Å². The lowest BCUT2D eigenvalue weighted by Crippen LogP contribution is -2.39. The monoisotopic (exact) mass is 483 g/mol. The van der Waals surface area contributed by atoms with Crippen molar-refractivity contribution in [2.45, 2.75) is 19.8 Å². The van der Waals surface area contributed by atoms with Crippen molar-refractivity contribution in [2.75, 3.05) is 24.6 Å². The molecule has 7 nitrogen and oxygen atoms in total. The zero-order chi connectivity index (χ0) is 23.2. The lowest BCUT2D eigenvalue weighted by molar-refractivity contribution is 0.0941. The van der Waals surface area contributed by atoms with Gasteiger partial charge in [-0.2, -0.15) is 0 Å². The van der Waals surface area contributed by atoms with Gasteiger partial charge in [-0.3, -0.25) is 25.0 Å². The standard InChI is InChI=1S/C24H26ClN5O2S/c1-16-4-2-7-20(25)22(16)30(29-24(32)21-14-27-15-33-21)19-6-3-5-18(12-19)23(31)28-13-17-8-10-26-11-9-17/h2-7,12,14-15,17,26H,8-11,13H2,1H3,(H,28,31)(H,29,32). The van der Waals surface area contributed by atoms with E-state index in [1.54, 1.807) is 34.8 Å². The predicted molar refractivity (Wildman–Crippen MR) is 132 cm³/mol. The summed E-state index contributed by atoms with van der Waals surface area (Å²) in [6, 6.07) is 12.7. The van der Waals surface area contributed by atoms with Crippen LogP contribution < -0.4 is 21.1 Å². The van der Waals surface area contributed by atoms with E-state index in [0.29, 0.717) is 39.3 Å². The number of carbonyl (C=O) groups is 2. The molecule has 1 fully saturated rings. The molecule has 4 rings (SSSR count). The normalized spacial score (nSPS) is 14.0. The number of aromatic nitrogens is 1. The first-order valence-electron chi connectivity index (χ1n) is 10.9. The fourth-order valence-electron chi connectivity index (χ4n) is 3.85. The Balaban J connectivity index is 1.60. The number of nitrogens with zero attached hydrogens (tertiary/aromatic N) is 2. The fourth-order valence-corrected chi connectivity index (χ4v) is 4.67. The van der Waals surface area contributed by atoms with E-state index in [4.69, 9.17) is 11.6 Å². The Morgan fingerprint density at radius 3 is 2.70 bits per heavy atom. The summed E-state index contributed by atoms with van der Waals surface area (Å²) in [6.07, 6.45) is 3.63. The van der Waals surface area contributed by atoms with Gasteiger partial charge in [-0.25, -0.2) is 0 Å². The molecule has 1 saturated heterocycles. The van der Waals surface area contributed by atoms with Gasteiger partial charge in [-0.1, -0.05) is 29.8 Å². The van der Waals surface area contributed by atoms with E-state index < -0.39 is 0 Å². The summed E-state index contributed by atoms with van der Waals surface area (Å²) in [4.78, 5) is 30.2. The van der Waals surface area contributed by atoms with Crippen LogP contribution in [-0.2, 0) is 0 Å². The third-order valence-electron chi connectivity index (χ3n) is 5.66. The molecule has 0 radical (unpaired) electrons. The third kappa shape index (κ3) is 5.71. The smallest absolute Gasteiger partial charge is 0.281 e. The molecule has 2 amide bonds. The maximum absolute atomic E-state index is 12.9. The second kappa shape index (κ2) is 10.8. The first-order chi connectivity index (χ1) is 16.0. The minimum atomic E-state index is -0.308. The number of piperidine rings is 1. The number of benzene rings is 2. The summed E-state index contributed by atoms with van der Waals surface area (Å²) in [5.74, 6) is 0.0388. The molecule has 3 N–H and O–H groups in total. The van der Waals surface area contributed by atoms with Gasteiger partial charge in [-0.15, -0.1) is 11.3 Å². The van der Waals surface area contributed by atoms with E-state index in [2.05, 4.69) is 21.0 Å². The Morgan fingerprint density at radius 1 is 1.18 bits per heavy atom. The van der Waals surface area contributed by atoms with Gasteiger partial charge in [0.1, 0.15) is 4.88 Å². The quantitative estimate of drug-likeness (QED) is 0.436. The first kappa shape index (κ1) is 23.2. The molecule has 1 aromatic heterocycles. The molecule has 2 aromatic carbocycles. The van der Waals surface area contributed by atoms with Crippen LogP contribution in [-0.4, -0.2) is 36.4 Å². The fraction of sp³-hybridized carbons (Fsp3) is 0.292. The molecule has 0 bridgehead atoms. The lowest BCUT2D eigenvalue weighted by Gasteiger charge is -2.28. The van der Waals surface area contributed by atoms with Crippen molar-refractivity contribution in [3.05, 3.63) is 75.2 Å². The molecule has 2 heterocycles. The number of anilines is 2. The predicted octanol–water partition coefficient (Wildman–Crippen LogP) is 4.32. The third-order valence-corrected chi connectivity index (χ3v) is 6.74. The topological polar surface area (TPSA) is 86.4 Å². The SMILES string of the molecule is Cc1cccc(Cl)c1N(NC(=O)c1cncs1)c1cccc(C(=O)NCC2CCNCC2)c1. The molecule has 0 unspecified atom stereocenters. The van der Waals surface area contributed by atoms with Gasteiger partial charge in [0.05, 0.1) is 28.1 Å². The van der Waals surface area contributed by atoms with Gasteiger partial charge in [0.2, 0.25) is 0 Å². The van der Waals surface area contributed by atoms with E-state index in [1.807, 2.05) is 25.1 Å². The molecule has 1 aliphatic heterocycles. The van der Waals surface area contributed by atoms with Gasteiger partial charge in [0.15, 0.2) is 0 Å². The number of carbonyl (C=O) groups excluding carboxylic acids is 2. The summed E-state index contributed by atoms with van der Waals surface area (Å²) >= 11 is 7.78. The first-order valence-corrected chi connectivity index (χ1v) is 12.1. The Kier molecular flexibility index (Phi) is 7.59. The molecule has 3 aromatic rings. The van der Waals surface area contributed by atoms with Crippen molar-refractivity contribution in [2.24, 2.45) is 5.92 Å². The van der Waals surface area contributed by atoms with Crippen LogP contribution in [0, 0.1) is 12.8 Å². The number of hydrogen-bond donors (Lipinski definition) is 3. The minimum absolute atomic E-state index is 0.139. The van der Waals surface area contributed by atoms with Crippen LogP contribution in [0.15, 0.2) is 54.2 Å². The van der Waals surface area contributed by atoms with Gasteiger partial charge in [0, 0.05) is 12.1 Å². The number of rotatable bonds is 7. The van der Waals surface area contributed by atoms with Crippen LogP contribution in [0.5, 0.6) is 0 Å². The molecule has 1 aliphatic rings. The highest BCUT2D eigenvalue weighted by Crippen LogP contribution is 2.34. The lowest BCUT2D eigenvalue weighted by atomic mass is 9.98. The Labute approximate surface area is 202 Å². The van der Waals surface area contributed by atoms with Crippen LogP contribution in [0.2, 0.25) is 5.02 Å². The van der Waals surface area contributed by atoms with Gasteiger partial charge in [0.25, 0.3) is 11.8 Å². The van der Waals surface area contributed by atoms with Crippen molar-refractivity contribution < 1.29 is 9.59 Å². The number of amides is 2. The minimum Gasteiger partial charge on any atom is -0.352 e. The largest absolute Gasteiger partial charge is 0.352 e. The second-order valence-corrected chi connectivity index (χ2v) is 9.29. The molecular weight excluding hydrogens is 458 g/mol. The van der Waals surface area contributed by atoms with Crippen molar-refractivity contribution in [3.63, 3.8) is 0 Å². The molecule has 33 heavy (non-hydrogen) atoms. The summed E-state index contributed by atoms with van der Waals surface area (Å²) in [7, 11) is 0. The molecular formula is C24H26ClN5O2S. The number of hydrazine groups is 1. The average molecular weight is 484 g/mol. The molecule has 0 atom stereocenters. The van der Waals surface area contributed by atoms with Crippen LogP contribution in [0.4, 0.5) is 11.4 Å². The summed E-state index contributed by atoms with van der Waals surface area (Å²) in [5.41, 5.74) is 7.20. The molecule has 172 valence electrons. The van der Waals surface area contributed by atoms with Crippen molar-refractivity contribution in [3.8, 4) is 0 Å². The average Bonchev–Trinajstić information content (AvgIpc) is 3.38. The maximum Gasteiger partial charge on any atom is 0.281 e. The molecule has 0 aliphatic carbocycles. The molecule has 0 saturated carbocycles. The number of halogens is 1. The number of thiazole rings is 1. The number of hydrogen-bond acceptors (Lipinski definition) is 6. The second-order valence-electron chi connectivity index (χ2n) is 8.00. The van der Waals surface area contributed by atoms with E-state index in [0.717, 1.165) is 31.5 Å². The zero-order valence-corrected chi connectivity index (χ0v) is 19.9. The summed E-state index contributed by atoms with van der Waals surface area (Å²) in [6.45, 7) is 4.55. The molecule has 9 heteroatoms. The van der Waals surface area contributed by atoms with Gasteiger partial charge < -0.3 is 10.6 Å². The van der Waals surface area contributed by atoms with E-state index >= 15 is 0 Å². The number of para-hydroxylation sites is 1. The van der Waals surface area contributed by atoms with E-state index in [1.165, 1.54) is 17.5 Å². The Morgan fingerprint density at radius 2 is 1.97 bits per heavy atom. The van der Waals surface area contributed by atoms with Crippen molar-refractivity contribution in [1.29, 1.82) is 0 Å². The van der Waals surface area contributed by atoms with Crippen LogP contribution in [0.1, 0.15) is 38.4 Å². The Hall–Kier alpha value is -2.94. The van der Waals surface area contributed by atoms with Crippen LogP contribution in [0.25, 0.3) is 0 Å². The number of aryl methyl sites for hydroxylation is 1. The highest BCUT2D eigenvalue weighted by atomic mass is 35.5. The maximum atomic E-state index is 12.9. The zero-order valence-electron chi connectivity index (χ0n) is 18.3. The van der Waals surface area contributed by atoms with E-state index in [9.17, 15) is 9.59 Å². The van der Waals surface area contributed by atoms with Crippen LogP contribution in [0.3, 0.4) is 0 Å². The molecule has 0 spiro atoms. The highest BCUT2D eigenvalue weighted by Gasteiger charge is 2.21. The Bertz CT molecular complexity index is 1100. The van der Waals surface area contributed by atoms with Gasteiger partial charge >= 0.3 is 0 Å². The summed E-state index contributed by atoms with van der Waals surface area (Å²) in [5, 5.41) is 8.51. The van der Waals surface area contributed by atoms with Crippen molar-refractivity contribution in [1.82, 2.24) is 21.0 Å². The van der Waals surface area contributed by atoms with Crippen LogP contribution >= 0.6 is 22.9 Å². The van der Waals surface area contributed by atoms with Crippen molar-refractivity contribution >= 4 is 46.1 Å².